The number of nitrogens with two attached hydrogens (primary N) is 1. The zero-order chi connectivity index (χ0) is 14.3. The number of carbonyl (C=O) groups excluding carboxylic acids is 1. The zero-order valence-corrected chi connectivity index (χ0v) is 12.4. The lowest BCUT2D eigenvalue weighted by Gasteiger charge is -2.26. The second kappa shape index (κ2) is 5.07. The predicted molar refractivity (Wildman–Crippen MR) is 82.1 cm³/mol. The molecule has 1 aliphatic rings. The number of fused-ring (bicyclic) bond motifs is 1. The molecular formula is C15H18N2O2S. The van der Waals surface area contributed by atoms with Gasteiger partial charge < -0.3 is 15.4 Å². The summed E-state index contributed by atoms with van der Waals surface area (Å²) in [5.74, 6) is -0.00829. The third kappa shape index (κ3) is 2.07. The third-order valence-corrected chi connectivity index (χ3v) is 5.16. The maximum absolute atomic E-state index is 12.7. The number of nitrogens with zero attached hydrogens (tertiary/aromatic N) is 1. The van der Waals surface area contributed by atoms with Gasteiger partial charge in [0.1, 0.15) is 4.88 Å². The van der Waals surface area contributed by atoms with Gasteiger partial charge in [-0.25, -0.2) is 0 Å². The number of ether oxygens (including phenoxy) is 1. The van der Waals surface area contributed by atoms with E-state index in [-0.39, 0.29) is 18.1 Å². The molecule has 1 fully saturated rings. The first-order valence-corrected chi connectivity index (χ1v) is 7.57. The van der Waals surface area contributed by atoms with E-state index in [0.717, 1.165) is 16.5 Å². The first-order chi connectivity index (χ1) is 9.59. The smallest absolute Gasteiger partial charge is 0.266 e. The van der Waals surface area contributed by atoms with E-state index in [4.69, 9.17) is 10.5 Å². The Hall–Kier alpha value is -1.59. The van der Waals surface area contributed by atoms with Crippen LogP contribution in [0, 0.1) is 0 Å². The molecule has 106 valence electrons. The lowest BCUT2D eigenvalue weighted by atomic mass is 10.1. The molecule has 0 bridgehead atoms. The second-order valence-electron chi connectivity index (χ2n) is 5.19. The maximum atomic E-state index is 12.7. The van der Waals surface area contributed by atoms with E-state index in [2.05, 4.69) is 0 Å². The highest BCUT2D eigenvalue weighted by Gasteiger charge is 2.32. The van der Waals surface area contributed by atoms with Crippen molar-refractivity contribution < 1.29 is 9.53 Å². The Balaban J connectivity index is 1.94. The van der Waals surface area contributed by atoms with E-state index in [9.17, 15) is 4.79 Å². The van der Waals surface area contributed by atoms with Crippen LogP contribution < -0.4 is 5.73 Å². The number of nitrogen functional groups attached to an aromatic ring is 1. The van der Waals surface area contributed by atoms with Crippen molar-refractivity contribution in [1.29, 1.82) is 0 Å². The molecule has 2 aromatic rings. The van der Waals surface area contributed by atoms with E-state index < -0.39 is 0 Å². The molecule has 20 heavy (non-hydrogen) atoms. The average Bonchev–Trinajstić information content (AvgIpc) is 3.02. The largest absolute Gasteiger partial charge is 0.397 e. The molecule has 1 saturated heterocycles. The highest BCUT2D eigenvalue weighted by atomic mass is 32.1. The molecule has 0 radical (unpaired) electrons. The van der Waals surface area contributed by atoms with Gasteiger partial charge in [0.15, 0.2) is 0 Å². The van der Waals surface area contributed by atoms with E-state index >= 15 is 0 Å². The van der Waals surface area contributed by atoms with Gasteiger partial charge in [-0.3, -0.25) is 4.79 Å². The number of amides is 1. The standard InChI is InChI=1S/C15H18N2O2S/c1-9-11(7-8-19-9)17(2)15(18)14-13(16)10-5-3-4-6-12(10)20-14/h3-6,9,11H,7-8,16H2,1-2H3. The minimum atomic E-state index is -0.00829. The summed E-state index contributed by atoms with van der Waals surface area (Å²) in [4.78, 5) is 15.1. The van der Waals surface area contributed by atoms with Crippen LogP contribution in [0.3, 0.4) is 0 Å². The summed E-state index contributed by atoms with van der Waals surface area (Å²) in [6, 6.07) is 7.99. The summed E-state index contributed by atoms with van der Waals surface area (Å²) in [7, 11) is 1.84. The van der Waals surface area contributed by atoms with Gasteiger partial charge in [-0.05, 0) is 19.4 Å². The third-order valence-electron chi connectivity index (χ3n) is 3.98. The van der Waals surface area contributed by atoms with Gasteiger partial charge in [-0.1, -0.05) is 18.2 Å². The van der Waals surface area contributed by atoms with Gasteiger partial charge in [0.25, 0.3) is 5.91 Å². The Kier molecular flexibility index (Phi) is 3.40. The van der Waals surface area contributed by atoms with E-state index in [1.807, 2.05) is 38.2 Å². The Morgan fingerprint density at radius 3 is 2.85 bits per heavy atom. The van der Waals surface area contributed by atoms with Crippen molar-refractivity contribution in [3.63, 3.8) is 0 Å². The molecule has 2 N–H and O–H groups in total. The minimum Gasteiger partial charge on any atom is -0.397 e. The maximum Gasteiger partial charge on any atom is 0.266 e. The number of thiophene rings is 1. The fourth-order valence-corrected chi connectivity index (χ4v) is 3.87. The van der Waals surface area contributed by atoms with Crippen LogP contribution in [-0.2, 0) is 4.74 Å². The molecule has 3 rings (SSSR count). The Morgan fingerprint density at radius 1 is 1.45 bits per heavy atom. The lowest BCUT2D eigenvalue weighted by Crippen LogP contribution is -2.40. The Bertz CT molecular complexity index is 652. The molecule has 4 nitrogen and oxygen atoms in total. The number of hydrogen-bond acceptors (Lipinski definition) is 4. The molecule has 0 aliphatic carbocycles. The summed E-state index contributed by atoms with van der Waals surface area (Å²) in [6.07, 6.45) is 0.966. The summed E-state index contributed by atoms with van der Waals surface area (Å²) in [5.41, 5.74) is 6.73. The first-order valence-electron chi connectivity index (χ1n) is 6.75. The average molecular weight is 290 g/mol. The lowest BCUT2D eigenvalue weighted by molar-refractivity contribution is 0.0579. The van der Waals surface area contributed by atoms with Crippen LogP contribution >= 0.6 is 11.3 Å². The zero-order valence-electron chi connectivity index (χ0n) is 11.6. The van der Waals surface area contributed by atoms with Crippen LogP contribution in [0.5, 0.6) is 0 Å². The summed E-state index contributed by atoms with van der Waals surface area (Å²) >= 11 is 1.46. The van der Waals surface area contributed by atoms with Crippen molar-refractivity contribution in [3.05, 3.63) is 29.1 Å². The Labute approximate surface area is 122 Å². The van der Waals surface area contributed by atoms with Crippen molar-refractivity contribution >= 4 is 33.0 Å². The van der Waals surface area contributed by atoms with Crippen LogP contribution in [0.15, 0.2) is 24.3 Å². The normalized spacial score (nSPS) is 22.3. The van der Waals surface area contributed by atoms with Gasteiger partial charge in [0.2, 0.25) is 0 Å². The minimum absolute atomic E-state index is 0.00829. The van der Waals surface area contributed by atoms with Crippen LogP contribution in [-0.4, -0.2) is 36.6 Å². The molecule has 1 amide bonds. The quantitative estimate of drug-likeness (QED) is 0.925. The van der Waals surface area contributed by atoms with Crippen molar-refractivity contribution in [1.82, 2.24) is 4.90 Å². The van der Waals surface area contributed by atoms with E-state index in [0.29, 0.717) is 17.2 Å². The fraction of sp³-hybridized carbons (Fsp3) is 0.400. The molecule has 1 aliphatic heterocycles. The Morgan fingerprint density at radius 2 is 2.20 bits per heavy atom. The highest BCUT2D eigenvalue weighted by molar-refractivity contribution is 7.21. The number of carbonyl (C=O) groups is 1. The molecule has 5 heteroatoms. The number of rotatable bonds is 2. The number of hydrogen-bond donors (Lipinski definition) is 1. The number of likely N-dealkylation sites (N-methyl/N-ethyl adjacent to an activating group) is 1. The predicted octanol–water partition coefficient (Wildman–Crippen LogP) is 2.73. The van der Waals surface area contributed by atoms with Crippen molar-refractivity contribution in [2.24, 2.45) is 0 Å². The molecular weight excluding hydrogens is 272 g/mol. The van der Waals surface area contributed by atoms with Gasteiger partial charge >= 0.3 is 0 Å². The van der Waals surface area contributed by atoms with Crippen molar-refractivity contribution in [2.45, 2.75) is 25.5 Å². The SMILES string of the molecule is CC1OCCC1N(C)C(=O)c1sc2ccccc2c1N. The number of benzene rings is 1. The van der Waals surface area contributed by atoms with Gasteiger partial charge in [-0.2, -0.15) is 0 Å². The van der Waals surface area contributed by atoms with Gasteiger partial charge in [-0.15, -0.1) is 11.3 Å². The van der Waals surface area contributed by atoms with E-state index in [1.165, 1.54) is 11.3 Å². The second-order valence-corrected chi connectivity index (χ2v) is 6.24. The van der Waals surface area contributed by atoms with Gasteiger partial charge in [0, 0.05) is 23.7 Å². The molecule has 0 spiro atoms. The van der Waals surface area contributed by atoms with Crippen molar-refractivity contribution in [2.75, 3.05) is 19.4 Å². The molecule has 2 heterocycles. The van der Waals surface area contributed by atoms with Crippen LogP contribution in [0.1, 0.15) is 23.0 Å². The topological polar surface area (TPSA) is 55.6 Å². The van der Waals surface area contributed by atoms with Crippen LogP contribution in [0.25, 0.3) is 10.1 Å². The van der Waals surface area contributed by atoms with Crippen LogP contribution in [0.4, 0.5) is 5.69 Å². The monoisotopic (exact) mass is 290 g/mol. The molecule has 1 aromatic heterocycles. The highest BCUT2D eigenvalue weighted by Crippen LogP contribution is 2.34. The number of anilines is 1. The van der Waals surface area contributed by atoms with Crippen LogP contribution in [0.2, 0.25) is 0 Å². The van der Waals surface area contributed by atoms with E-state index in [1.54, 1.807) is 4.90 Å². The van der Waals surface area contributed by atoms with Crippen molar-refractivity contribution in [3.8, 4) is 0 Å². The molecule has 0 saturated carbocycles. The molecule has 2 unspecified atom stereocenters. The fourth-order valence-electron chi connectivity index (χ4n) is 2.76. The summed E-state index contributed by atoms with van der Waals surface area (Å²) < 4.78 is 6.59. The first kappa shape index (κ1) is 13.4. The van der Waals surface area contributed by atoms with Gasteiger partial charge in [0.05, 0.1) is 17.8 Å². The molecule has 2 atom stereocenters. The molecule has 1 aromatic carbocycles. The summed E-state index contributed by atoms with van der Waals surface area (Å²) in [6.45, 7) is 2.72. The summed E-state index contributed by atoms with van der Waals surface area (Å²) in [5, 5.41) is 0.963.